The van der Waals surface area contributed by atoms with Gasteiger partial charge in [0.05, 0.1) is 16.6 Å². The maximum atomic E-state index is 13.9. The van der Waals surface area contributed by atoms with E-state index in [0.717, 1.165) is 12.1 Å². The third kappa shape index (κ3) is 7.09. The molecule has 0 unspecified atom stereocenters. The fourth-order valence-corrected chi connectivity index (χ4v) is 4.55. The quantitative estimate of drug-likeness (QED) is 0.0789. The van der Waals surface area contributed by atoms with Gasteiger partial charge in [-0.15, -0.1) is 0 Å². The van der Waals surface area contributed by atoms with Crippen LogP contribution in [0.3, 0.4) is 0 Å². The number of carbonyl (C=O) groups is 1. The lowest BCUT2D eigenvalue weighted by atomic mass is 10.1. The zero-order valence-corrected chi connectivity index (χ0v) is 23.0. The number of benzene rings is 4. The van der Waals surface area contributed by atoms with Crippen molar-refractivity contribution in [1.29, 1.82) is 0 Å². The second-order valence-corrected chi connectivity index (χ2v) is 10.3. The third-order valence-corrected chi connectivity index (χ3v) is 6.80. The first-order valence-electron chi connectivity index (χ1n) is 12.2. The summed E-state index contributed by atoms with van der Waals surface area (Å²) in [6, 6.07) is 21.1. The molecular weight excluding hydrogens is 617 g/mol. The Morgan fingerprint density at radius 1 is 0.907 bits per heavy atom. The number of alkyl halides is 5. The van der Waals surface area contributed by atoms with Crippen LogP contribution in [-0.2, 0) is 6.18 Å². The second-order valence-electron chi connectivity index (χ2n) is 8.76. The van der Waals surface area contributed by atoms with Gasteiger partial charge in [0.15, 0.2) is 0 Å². The van der Waals surface area contributed by atoms with E-state index < -0.39 is 40.4 Å². The first-order chi connectivity index (χ1) is 20.5. The van der Waals surface area contributed by atoms with E-state index >= 15 is 0 Å². The van der Waals surface area contributed by atoms with Gasteiger partial charge >= 0.3 is 12.1 Å². The topological polar surface area (TPSA) is 77.8 Å². The third-order valence-electron chi connectivity index (χ3n) is 5.83. The summed E-state index contributed by atoms with van der Waals surface area (Å²) in [5.41, 5.74) is -0.689. The van der Waals surface area contributed by atoms with E-state index in [1.165, 1.54) is 48.5 Å². The van der Waals surface area contributed by atoms with Crippen molar-refractivity contribution in [3.05, 3.63) is 118 Å². The van der Waals surface area contributed by atoms with E-state index in [0.29, 0.717) is 33.1 Å². The van der Waals surface area contributed by atoms with Gasteiger partial charge in [-0.2, -0.15) is 22.0 Å². The van der Waals surface area contributed by atoms with Gasteiger partial charge in [0, 0.05) is 21.7 Å². The molecule has 1 heterocycles. The maximum Gasteiger partial charge on any atom is 0.453 e. The Bertz CT molecular complexity index is 1840. The standard InChI is InChI=1S/C30H17ClF5NO5S/c31-16-5-9-18(10-6-16)40-26-25(38)22-14-11-19(15-24(22)42-27(26)30(34,35)36)41-28(39)21-3-1-2-4-23(21)37-17-7-12-20(13-8-17)43-29(32)33/h1-15,29,37H. The summed E-state index contributed by atoms with van der Waals surface area (Å²) in [6.07, 6.45) is -5.09. The van der Waals surface area contributed by atoms with Gasteiger partial charge in [-0.25, -0.2) is 4.79 Å². The van der Waals surface area contributed by atoms with Crippen molar-refractivity contribution < 1.29 is 40.6 Å². The van der Waals surface area contributed by atoms with Crippen LogP contribution in [0.2, 0.25) is 5.02 Å². The average molecular weight is 634 g/mol. The molecule has 220 valence electrons. The van der Waals surface area contributed by atoms with E-state index in [1.54, 1.807) is 30.3 Å². The first kappa shape index (κ1) is 29.9. The van der Waals surface area contributed by atoms with Crippen LogP contribution >= 0.6 is 23.4 Å². The van der Waals surface area contributed by atoms with Gasteiger partial charge in [-0.1, -0.05) is 35.5 Å². The number of halogens is 6. The smallest absolute Gasteiger partial charge is 0.449 e. The zero-order chi connectivity index (χ0) is 30.7. The number of nitrogens with one attached hydrogen (secondary N) is 1. The highest BCUT2D eigenvalue weighted by molar-refractivity contribution is 7.99. The van der Waals surface area contributed by atoms with Crippen LogP contribution in [0, 0.1) is 0 Å². The molecule has 1 N–H and O–H groups in total. The van der Waals surface area contributed by atoms with Crippen molar-refractivity contribution in [2.24, 2.45) is 0 Å². The number of hydrogen-bond acceptors (Lipinski definition) is 7. The monoisotopic (exact) mass is 633 g/mol. The Hall–Kier alpha value is -4.55. The maximum absolute atomic E-state index is 13.9. The molecule has 0 bridgehead atoms. The van der Waals surface area contributed by atoms with Crippen molar-refractivity contribution in [1.82, 2.24) is 0 Å². The molecule has 1 aromatic heterocycles. The van der Waals surface area contributed by atoms with E-state index in [4.69, 9.17) is 25.5 Å². The lowest BCUT2D eigenvalue weighted by Crippen LogP contribution is -2.16. The Kier molecular flexibility index (Phi) is 8.60. The van der Waals surface area contributed by atoms with Gasteiger partial charge in [-0.05, 0) is 72.8 Å². The number of hydrogen-bond donors (Lipinski definition) is 1. The van der Waals surface area contributed by atoms with E-state index in [-0.39, 0.29) is 22.4 Å². The summed E-state index contributed by atoms with van der Waals surface area (Å²) in [5.74, 6) is -6.43. The number of carbonyl (C=O) groups excluding carboxylic acids is 1. The van der Waals surface area contributed by atoms with Crippen LogP contribution in [0.4, 0.5) is 33.3 Å². The highest BCUT2D eigenvalue weighted by Crippen LogP contribution is 2.39. The minimum absolute atomic E-state index is 0.0673. The normalized spacial score (nSPS) is 11.5. The molecule has 0 saturated heterocycles. The number of ether oxygens (including phenoxy) is 2. The molecule has 6 nitrogen and oxygen atoms in total. The van der Waals surface area contributed by atoms with Crippen LogP contribution in [0.15, 0.2) is 105 Å². The van der Waals surface area contributed by atoms with Gasteiger partial charge < -0.3 is 19.2 Å². The van der Waals surface area contributed by atoms with Crippen molar-refractivity contribution in [2.45, 2.75) is 16.8 Å². The molecule has 43 heavy (non-hydrogen) atoms. The molecular formula is C30H17ClF5NO5S. The largest absolute Gasteiger partial charge is 0.453 e. The summed E-state index contributed by atoms with van der Waals surface area (Å²) in [7, 11) is 0. The summed E-state index contributed by atoms with van der Waals surface area (Å²) < 4.78 is 82.6. The van der Waals surface area contributed by atoms with Gasteiger partial charge in [-0.3, -0.25) is 4.79 Å². The van der Waals surface area contributed by atoms with Crippen LogP contribution < -0.4 is 20.2 Å². The fourth-order valence-electron chi connectivity index (χ4n) is 3.93. The number of fused-ring (bicyclic) bond motifs is 1. The minimum Gasteiger partial charge on any atom is -0.449 e. The molecule has 0 atom stereocenters. The van der Waals surface area contributed by atoms with Crippen molar-refractivity contribution in [3.63, 3.8) is 0 Å². The Balaban J connectivity index is 1.42. The van der Waals surface area contributed by atoms with Crippen molar-refractivity contribution in [2.75, 3.05) is 5.32 Å². The second kappa shape index (κ2) is 12.4. The number of esters is 1. The lowest BCUT2D eigenvalue weighted by molar-refractivity contribution is -0.154. The molecule has 0 aliphatic carbocycles. The van der Waals surface area contributed by atoms with Gasteiger partial charge in [0.2, 0.25) is 11.2 Å². The van der Waals surface area contributed by atoms with Gasteiger partial charge in [0.1, 0.15) is 17.1 Å². The molecule has 0 aliphatic rings. The van der Waals surface area contributed by atoms with Crippen LogP contribution in [-0.4, -0.2) is 11.7 Å². The van der Waals surface area contributed by atoms with Crippen LogP contribution in [0.25, 0.3) is 11.0 Å². The molecule has 0 radical (unpaired) electrons. The molecule has 0 fully saturated rings. The number of para-hydroxylation sites is 1. The Morgan fingerprint density at radius 2 is 1.58 bits per heavy atom. The molecule has 0 amide bonds. The summed E-state index contributed by atoms with van der Waals surface area (Å²) in [5, 5.41) is 3.08. The average Bonchev–Trinajstić information content (AvgIpc) is 2.96. The molecule has 13 heteroatoms. The molecule has 0 aliphatic heterocycles. The van der Waals surface area contributed by atoms with E-state index in [9.17, 15) is 31.5 Å². The molecule has 5 rings (SSSR count). The summed E-state index contributed by atoms with van der Waals surface area (Å²) in [6.45, 7) is 0. The molecule has 0 spiro atoms. The minimum atomic E-state index is -5.09. The predicted octanol–water partition coefficient (Wildman–Crippen LogP) is 9.53. The summed E-state index contributed by atoms with van der Waals surface area (Å²) in [4.78, 5) is 26.5. The number of anilines is 2. The van der Waals surface area contributed by atoms with E-state index in [1.807, 2.05) is 0 Å². The van der Waals surface area contributed by atoms with Crippen molar-refractivity contribution in [3.8, 4) is 17.2 Å². The lowest BCUT2D eigenvalue weighted by Gasteiger charge is -2.14. The first-order valence-corrected chi connectivity index (χ1v) is 13.5. The van der Waals surface area contributed by atoms with Crippen LogP contribution in [0.1, 0.15) is 16.1 Å². The highest BCUT2D eigenvalue weighted by Gasteiger charge is 2.40. The SMILES string of the molecule is O=C(Oc1ccc2c(=O)c(Oc3ccc(Cl)cc3)c(C(F)(F)F)oc2c1)c1ccccc1Nc1ccc(SC(F)F)cc1. The Labute approximate surface area is 249 Å². The van der Waals surface area contributed by atoms with Gasteiger partial charge in [0.25, 0.3) is 11.5 Å². The number of rotatable bonds is 8. The number of thioether (sulfide) groups is 1. The highest BCUT2D eigenvalue weighted by atomic mass is 35.5. The summed E-state index contributed by atoms with van der Waals surface area (Å²) >= 11 is 6.20. The van der Waals surface area contributed by atoms with E-state index in [2.05, 4.69) is 5.32 Å². The molecule has 5 aromatic rings. The fraction of sp³-hybridized carbons (Fsp3) is 0.0667. The van der Waals surface area contributed by atoms with Crippen LogP contribution in [0.5, 0.6) is 17.2 Å². The zero-order valence-electron chi connectivity index (χ0n) is 21.5. The predicted molar refractivity (Wildman–Crippen MR) is 152 cm³/mol. The van der Waals surface area contributed by atoms with Crippen molar-refractivity contribution >= 4 is 51.7 Å². The Morgan fingerprint density at radius 3 is 2.26 bits per heavy atom. The molecule has 4 aromatic carbocycles. The molecule has 0 saturated carbocycles.